The lowest BCUT2D eigenvalue weighted by Crippen LogP contribution is -2.15. The molecule has 2 aromatic rings. The minimum absolute atomic E-state index is 0.318. The highest BCUT2D eigenvalue weighted by molar-refractivity contribution is 5.98. The summed E-state index contributed by atoms with van der Waals surface area (Å²) in [5.41, 5.74) is 7.94. The number of nitrogens with zero attached hydrogens (tertiary/aromatic N) is 3. The van der Waals surface area contributed by atoms with Gasteiger partial charge < -0.3 is 10.5 Å². The van der Waals surface area contributed by atoms with Crippen molar-refractivity contribution < 1.29 is 9.53 Å². The Balaban J connectivity index is 2.44. The maximum Gasteiger partial charge on any atom is 0.269 e. The van der Waals surface area contributed by atoms with Gasteiger partial charge in [0.15, 0.2) is 5.69 Å². The van der Waals surface area contributed by atoms with Crippen LogP contribution >= 0.6 is 0 Å². The minimum atomic E-state index is -0.535. The number of ether oxygens (including phenoxy) is 1. The van der Waals surface area contributed by atoms with Crippen LogP contribution in [-0.4, -0.2) is 28.5 Å². The van der Waals surface area contributed by atoms with Crippen molar-refractivity contribution in [2.24, 2.45) is 17.8 Å². The number of para-hydroxylation sites is 1. The molecule has 2 N–H and O–H groups in total. The van der Waals surface area contributed by atoms with E-state index < -0.39 is 5.91 Å². The third-order valence-electron chi connectivity index (χ3n) is 3.36. The van der Waals surface area contributed by atoms with Crippen LogP contribution in [0.5, 0.6) is 5.75 Å². The summed E-state index contributed by atoms with van der Waals surface area (Å²) >= 11 is 0. The largest absolute Gasteiger partial charge is 0.493 e. The Hall–Kier alpha value is -2.63. The quantitative estimate of drug-likeness (QED) is 0.797. The standard InChI is InChI=1S/C17H22N4O2/c1-4-8-13-15(16(17(18)22)21(3)20-13)19-11-12-9-6-7-10-14(12)23-5-2/h6-7,9-11H,4-5,8H2,1-3H3,(H2,18,22). The molecule has 0 aliphatic rings. The summed E-state index contributed by atoms with van der Waals surface area (Å²) in [6, 6.07) is 7.61. The van der Waals surface area contributed by atoms with Gasteiger partial charge in [0.25, 0.3) is 5.91 Å². The van der Waals surface area contributed by atoms with Crippen LogP contribution in [-0.2, 0) is 13.5 Å². The number of amides is 1. The molecule has 0 atom stereocenters. The van der Waals surface area contributed by atoms with Crippen LogP contribution in [0, 0.1) is 0 Å². The van der Waals surface area contributed by atoms with E-state index in [4.69, 9.17) is 10.5 Å². The number of hydrogen-bond donors (Lipinski definition) is 1. The fraction of sp³-hybridized carbons (Fsp3) is 0.353. The predicted molar refractivity (Wildman–Crippen MR) is 90.6 cm³/mol. The molecule has 0 unspecified atom stereocenters. The van der Waals surface area contributed by atoms with Crippen LogP contribution in [0.1, 0.15) is 42.0 Å². The summed E-state index contributed by atoms with van der Waals surface area (Å²) in [5, 5.41) is 4.36. The van der Waals surface area contributed by atoms with Gasteiger partial charge in [-0.2, -0.15) is 5.10 Å². The Morgan fingerprint density at radius 3 is 2.78 bits per heavy atom. The molecule has 0 radical (unpaired) electrons. The molecule has 0 fully saturated rings. The fourth-order valence-electron chi connectivity index (χ4n) is 2.39. The number of aliphatic imine (C=N–C) groups is 1. The van der Waals surface area contributed by atoms with Gasteiger partial charge in [0.05, 0.1) is 12.3 Å². The number of aryl methyl sites for hydroxylation is 2. The van der Waals surface area contributed by atoms with Crippen molar-refractivity contribution in [2.45, 2.75) is 26.7 Å². The number of rotatable bonds is 7. The lowest BCUT2D eigenvalue weighted by Gasteiger charge is -2.06. The summed E-state index contributed by atoms with van der Waals surface area (Å²) in [6.45, 7) is 4.56. The van der Waals surface area contributed by atoms with Gasteiger partial charge in [-0.3, -0.25) is 14.5 Å². The molecule has 6 nitrogen and oxygen atoms in total. The first kappa shape index (κ1) is 16.7. The van der Waals surface area contributed by atoms with Gasteiger partial charge in [-0.25, -0.2) is 0 Å². The highest BCUT2D eigenvalue weighted by Gasteiger charge is 2.19. The Labute approximate surface area is 136 Å². The molecule has 1 amide bonds. The monoisotopic (exact) mass is 314 g/mol. The summed E-state index contributed by atoms with van der Waals surface area (Å²) < 4.78 is 7.08. The van der Waals surface area contributed by atoms with Crippen molar-refractivity contribution in [2.75, 3.05) is 6.61 Å². The average molecular weight is 314 g/mol. The molecule has 1 aromatic carbocycles. The predicted octanol–water partition coefficient (Wildman–Crippen LogP) is 2.62. The summed E-state index contributed by atoms with van der Waals surface area (Å²) in [4.78, 5) is 16.2. The van der Waals surface area contributed by atoms with Crippen LogP contribution in [0.25, 0.3) is 0 Å². The number of hydrogen-bond acceptors (Lipinski definition) is 4. The van der Waals surface area contributed by atoms with Crippen LogP contribution in [0.4, 0.5) is 5.69 Å². The van der Waals surface area contributed by atoms with Gasteiger partial charge in [0.2, 0.25) is 0 Å². The van der Waals surface area contributed by atoms with Gasteiger partial charge in [0, 0.05) is 18.8 Å². The molecule has 0 aliphatic heterocycles. The molecule has 1 aromatic heterocycles. The number of carbonyl (C=O) groups is 1. The normalized spacial score (nSPS) is 11.1. The second-order valence-electron chi connectivity index (χ2n) is 5.11. The molecule has 0 saturated carbocycles. The van der Waals surface area contributed by atoms with E-state index in [0.29, 0.717) is 18.0 Å². The van der Waals surface area contributed by atoms with Gasteiger partial charge in [-0.05, 0) is 25.5 Å². The number of carbonyl (C=O) groups excluding carboxylic acids is 1. The maximum absolute atomic E-state index is 11.7. The van der Waals surface area contributed by atoms with Crippen molar-refractivity contribution in [1.29, 1.82) is 0 Å². The van der Waals surface area contributed by atoms with Crippen LogP contribution in [0.2, 0.25) is 0 Å². The molecule has 0 aliphatic carbocycles. The highest BCUT2D eigenvalue weighted by Crippen LogP contribution is 2.26. The lowest BCUT2D eigenvalue weighted by atomic mass is 10.2. The Bertz CT molecular complexity index is 719. The highest BCUT2D eigenvalue weighted by atomic mass is 16.5. The molecule has 2 rings (SSSR count). The van der Waals surface area contributed by atoms with Crippen LogP contribution in [0.15, 0.2) is 29.3 Å². The number of aromatic nitrogens is 2. The van der Waals surface area contributed by atoms with E-state index in [1.54, 1.807) is 13.3 Å². The topological polar surface area (TPSA) is 82.5 Å². The number of primary amides is 1. The summed E-state index contributed by atoms with van der Waals surface area (Å²) in [5.74, 6) is 0.216. The van der Waals surface area contributed by atoms with Gasteiger partial charge in [0.1, 0.15) is 11.4 Å². The van der Waals surface area contributed by atoms with Crippen LogP contribution in [0.3, 0.4) is 0 Å². The number of nitrogens with two attached hydrogens (primary N) is 1. The van der Waals surface area contributed by atoms with Gasteiger partial charge >= 0.3 is 0 Å². The zero-order chi connectivity index (χ0) is 16.8. The van der Waals surface area contributed by atoms with Crippen molar-refractivity contribution >= 4 is 17.8 Å². The van der Waals surface area contributed by atoms with E-state index in [2.05, 4.69) is 17.0 Å². The summed E-state index contributed by atoms with van der Waals surface area (Å²) in [6.07, 6.45) is 3.34. The Kier molecular flexibility index (Phi) is 5.51. The first-order valence-electron chi connectivity index (χ1n) is 7.70. The SMILES string of the molecule is CCCc1nn(C)c(C(N)=O)c1N=Cc1ccccc1OCC. The van der Waals surface area contributed by atoms with E-state index in [-0.39, 0.29) is 0 Å². The average Bonchev–Trinajstić information content (AvgIpc) is 2.83. The number of benzene rings is 1. The van der Waals surface area contributed by atoms with Crippen molar-refractivity contribution in [3.8, 4) is 5.75 Å². The minimum Gasteiger partial charge on any atom is -0.493 e. The smallest absolute Gasteiger partial charge is 0.269 e. The van der Waals surface area contributed by atoms with E-state index in [1.165, 1.54) is 4.68 Å². The van der Waals surface area contributed by atoms with Gasteiger partial charge in [-0.15, -0.1) is 0 Å². The van der Waals surface area contributed by atoms with E-state index in [1.807, 2.05) is 31.2 Å². The van der Waals surface area contributed by atoms with Crippen molar-refractivity contribution in [1.82, 2.24) is 9.78 Å². The molecule has 6 heteroatoms. The Morgan fingerprint density at radius 1 is 1.39 bits per heavy atom. The third-order valence-corrected chi connectivity index (χ3v) is 3.36. The van der Waals surface area contributed by atoms with Crippen molar-refractivity contribution in [3.63, 3.8) is 0 Å². The second-order valence-corrected chi connectivity index (χ2v) is 5.11. The zero-order valence-electron chi connectivity index (χ0n) is 13.7. The van der Waals surface area contributed by atoms with E-state index in [0.717, 1.165) is 29.8 Å². The molecule has 0 spiro atoms. The lowest BCUT2D eigenvalue weighted by molar-refractivity contribution is 0.0992. The third kappa shape index (κ3) is 3.77. The fourth-order valence-corrected chi connectivity index (χ4v) is 2.39. The first-order chi connectivity index (χ1) is 11.1. The second kappa shape index (κ2) is 7.58. The molecule has 0 saturated heterocycles. The summed E-state index contributed by atoms with van der Waals surface area (Å²) in [7, 11) is 1.70. The molecular formula is C17H22N4O2. The van der Waals surface area contributed by atoms with Crippen molar-refractivity contribution in [3.05, 3.63) is 41.2 Å². The zero-order valence-corrected chi connectivity index (χ0v) is 13.7. The van der Waals surface area contributed by atoms with Gasteiger partial charge in [-0.1, -0.05) is 25.5 Å². The van der Waals surface area contributed by atoms with E-state index >= 15 is 0 Å². The molecule has 0 bridgehead atoms. The molecular weight excluding hydrogens is 292 g/mol. The molecule has 122 valence electrons. The Morgan fingerprint density at radius 2 is 2.13 bits per heavy atom. The molecule has 1 heterocycles. The maximum atomic E-state index is 11.7. The van der Waals surface area contributed by atoms with E-state index in [9.17, 15) is 4.79 Å². The van der Waals surface area contributed by atoms with Crippen LogP contribution < -0.4 is 10.5 Å². The molecule has 23 heavy (non-hydrogen) atoms. The first-order valence-corrected chi connectivity index (χ1v) is 7.70.